The molecule has 0 radical (unpaired) electrons. The van der Waals surface area contributed by atoms with Crippen molar-refractivity contribution in [2.24, 2.45) is 0 Å². The van der Waals surface area contributed by atoms with Gasteiger partial charge in [-0.25, -0.2) is 0 Å². The van der Waals surface area contributed by atoms with Gasteiger partial charge in [0.25, 0.3) is 0 Å². The second-order valence-electron chi connectivity index (χ2n) is 5.24. The van der Waals surface area contributed by atoms with Crippen molar-refractivity contribution < 1.29 is 45.0 Å². The minimum atomic E-state index is -2.17. The molecule has 0 aromatic rings. The van der Waals surface area contributed by atoms with Gasteiger partial charge in [-0.05, 0) is 20.8 Å². The van der Waals surface area contributed by atoms with E-state index in [1.54, 1.807) is 0 Å². The van der Waals surface area contributed by atoms with E-state index in [1.807, 2.05) is 0 Å². The van der Waals surface area contributed by atoms with Gasteiger partial charge in [-0.15, -0.1) is 0 Å². The highest BCUT2D eigenvalue weighted by molar-refractivity contribution is 5.87. The number of aldehydes is 2. The van der Waals surface area contributed by atoms with E-state index >= 15 is 0 Å². The molecule has 0 rings (SSSR count). The van der Waals surface area contributed by atoms with Gasteiger partial charge in [0.15, 0.2) is 11.4 Å². The molecule has 0 amide bonds. The third-order valence-electron chi connectivity index (χ3n) is 3.18. The maximum absolute atomic E-state index is 10.9. The first-order valence-corrected chi connectivity index (χ1v) is 6.96. The summed E-state index contributed by atoms with van der Waals surface area (Å²) >= 11 is 0. The van der Waals surface area contributed by atoms with E-state index in [9.17, 15) is 24.6 Å². The highest BCUT2D eigenvalue weighted by atomic mass is 16.4. The summed E-state index contributed by atoms with van der Waals surface area (Å²) < 4.78 is 0. The van der Waals surface area contributed by atoms with Crippen LogP contribution in [-0.4, -0.2) is 85.1 Å². The van der Waals surface area contributed by atoms with Crippen molar-refractivity contribution in [3.63, 3.8) is 0 Å². The van der Waals surface area contributed by atoms with E-state index in [-0.39, 0.29) is 6.42 Å². The third-order valence-corrected chi connectivity index (χ3v) is 3.18. The molecule has 0 aliphatic heterocycles. The standard InChI is InChI=1S/C8H14O5.C6H12O4/c1-5(10)7(12)8(13,3-4-9)6(2)11;1-4(8)6(10)5(9)2-3-7/h4-5,7,10,12-13H,3H2,1-2H3;3-6,8-10H,2H2,1H3/t5-,7-,8-;4-,5+,6-/m11/s1. The molecule has 0 fully saturated rings. The Labute approximate surface area is 134 Å². The third kappa shape index (κ3) is 8.26. The summed E-state index contributed by atoms with van der Waals surface area (Å²) in [6, 6.07) is 0. The Morgan fingerprint density at radius 3 is 1.74 bits per heavy atom. The van der Waals surface area contributed by atoms with Crippen LogP contribution >= 0.6 is 0 Å². The van der Waals surface area contributed by atoms with Gasteiger partial charge in [-0.2, -0.15) is 0 Å². The van der Waals surface area contributed by atoms with Gasteiger partial charge in [0.2, 0.25) is 0 Å². The molecule has 23 heavy (non-hydrogen) atoms. The molecule has 9 heteroatoms. The molecule has 0 aliphatic carbocycles. The van der Waals surface area contributed by atoms with Crippen LogP contribution in [0.5, 0.6) is 0 Å². The van der Waals surface area contributed by atoms with Crippen LogP contribution in [-0.2, 0) is 14.4 Å². The largest absolute Gasteiger partial charge is 0.391 e. The number of rotatable bonds is 9. The van der Waals surface area contributed by atoms with Crippen LogP contribution in [0.25, 0.3) is 0 Å². The van der Waals surface area contributed by atoms with E-state index in [0.717, 1.165) is 6.92 Å². The number of hydrogen-bond donors (Lipinski definition) is 6. The minimum absolute atomic E-state index is 0.147. The molecule has 136 valence electrons. The fraction of sp³-hybridized carbons (Fsp3) is 0.786. The summed E-state index contributed by atoms with van der Waals surface area (Å²) in [5, 5.41) is 54.2. The van der Waals surface area contributed by atoms with Crippen molar-refractivity contribution in [1.29, 1.82) is 0 Å². The van der Waals surface area contributed by atoms with Crippen molar-refractivity contribution in [3.05, 3.63) is 0 Å². The second kappa shape index (κ2) is 11.3. The van der Waals surface area contributed by atoms with Crippen molar-refractivity contribution in [2.45, 2.75) is 69.7 Å². The quantitative estimate of drug-likeness (QED) is 0.245. The molecule has 0 spiro atoms. The lowest BCUT2D eigenvalue weighted by Crippen LogP contribution is -2.53. The number of aliphatic hydroxyl groups excluding tert-OH is 5. The van der Waals surface area contributed by atoms with Crippen molar-refractivity contribution >= 4 is 18.4 Å². The summed E-state index contributed by atoms with van der Waals surface area (Å²) in [5.74, 6) is -0.743. The molecule has 0 aliphatic rings. The Bertz CT molecular complexity index is 369. The average molecular weight is 338 g/mol. The van der Waals surface area contributed by atoms with Gasteiger partial charge in [0, 0.05) is 12.8 Å². The van der Waals surface area contributed by atoms with E-state index in [2.05, 4.69) is 0 Å². The normalized spacial score (nSPS) is 19.9. The number of carbonyl (C=O) groups is 3. The monoisotopic (exact) mass is 338 g/mol. The number of Topliss-reactive ketones (excluding diaryl/α,β-unsaturated/α-hetero) is 1. The lowest BCUT2D eigenvalue weighted by atomic mass is 9.87. The SMILES string of the molecule is CC(=O)[C@](O)(CC=O)[C@H](O)[C@@H](C)O.C[C@@H](O)[C@@H](O)[C@@H](O)CC=O. The maximum Gasteiger partial charge on any atom is 0.164 e. The summed E-state index contributed by atoms with van der Waals surface area (Å²) in [5.41, 5.74) is -2.17. The molecule has 6 atom stereocenters. The fourth-order valence-corrected chi connectivity index (χ4v) is 1.56. The zero-order valence-corrected chi connectivity index (χ0v) is 13.4. The van der Waals surface area contributed by atoms with Crippen LogP contribution in [0.2, 0.25) is 0 Å². The molecule has 0 aromatic heterocycles. The molecule has 0 heterocycles. The summed E-state index contributed by atoms with van der Waals surface area (Å²) in [4.78, 5) is 30.9. The van der Waals surface area contributed by atoms with Crippen molar-refractivity contribution in [3.8, 4) is 0 Å². The smallest absolute Gasteiger partial charge is 0.164 e. The van der Waals surface area contributed by atoms with E-state index in [0.29, 0.717) is 12.6 Å². The van der Waals surface area contributed by atoms with Crippen LogP contribution in [0.1, 0.15) is 33.6 Å². The average Bonchev–Trinajstić information content (AvgIpc) is 2.46. The molecule has 6 N–H and O–H groups in total. The molecule has 0 saturated carbocycles. The van der Waals surface area contributed by atoms with Crippen LogP contribution in [0.4, 0.5) is 0 Å². The Balaban J connectivity index is 0. The topological polar surface area (TPSA) is 173 Å². The summed E-state index contributed by atoms with van der Waals surface area (Å²) in [6.45, 7) is 3.62. The Morgan fingerprint density at radius 2 is 1.48 bits per heavy atom. The molecular formula is C14H26O9. The first-order chi connectivity index (χ1) is 10.4. The van der Waals surface area contributed by atoms with Crippen LogP contribution in [0.15, 0.2) is 0 Å². The lowest BCUT2D eigenvalue weighted by Gasteiger charge is -2.30. The predicted octanol–water partition coefficient (Wildman–Crippen LogP) is -2.68. The zero-order chi connectivity index (χ0) is 18.8. The van der Waals surface area contributed by atoms with Crippen LogP contribution in [0, 0.1) is 0 Å². The number of aliphatic hydroxyl groups is 6. The van der Waals surface area contributed by atoms with Crippen LogP contribution < -0.4 is 0 Å². The maximum atomic E-state index is 10.9. The summed E-state index contributed by atoms with van der Waals surface area (Å²) in [7, 11) is 0. The van der Waals surface area contributed by atoms with Crippen molar-refractivity contribution in [1.82, 2.24) is 0 Å². The van der Waals surface area contributed by atoms with Gasteiger partial charge >= 0.3 is 0 Å². The van der Waals surface area contributed by atoms with Gasteiger partial charge in [0.05, 0.1) is 18.3 Å². The molecule has 0 unspecified atom stereocenters. The Hall–Kier alpha value is -1.23. The van der Waals surface area contributed by atoms with E-state index in [1.165, 1.54) is 13.8 Å². The van der Waals surface area contributed by atoms with E-state index in [4.69, 9.17) is 20.4 Å². The van der Waals surface area contributed by atoms with Gasteiger partial charge < -0.3 is 40.2 Å². The van der Waals surface area contributed by atoms with Gasteiger partial charge in [-0.3, -0.25) is 4.79 Å². The number of ketones is 1. The lowest BCUT2D eigenvalue weighted by molar-refractivity contribution is -0.161. The minimum Gasteiger partial charge on any atom is -0.391 e. The first kappa shape index (κ1) is 24.0. The molecule has 9 nitrogen and oxygen atoms in total. The highest BCUT2D eigenvalue weighted by Crippen LogP contribution is 2.18. The Kier molecular flexibility index (Phi) is 11.8. The predicted molar refractivity (Wildman–Crippen MR) is 78.4 cm³/mol. The van der Waals surface area contributed by atoms with Gasteiger partial charge in [-0.1, -0.05) is 0 Å². The molecule has 0 bridgehead atoms. The zero-order valence-electron chi connectivity index (χ0n) is 13.4. The Morgan fingerprint density at radius 1 is 1.00 bits per heavy atom. The molecule has 0 aromatic carbocycles. The number of hydrogen-bond acceptors (Lipinski definition) is 9. The highest BCUT2D eigenvalue weighted by Gasteiger charge is 2.42. The fourth-order valence-electron chi connectivity index (χ4n) is 1.56. The van der Waals surface area contributed by atoms with Crippen molar-refractivity contribution in [2.75, 3.05) is 0 Å². The number of carbonyl (C=O) groups excluding carboxylic acids is 3. The van der Waals surface area contributed by atoms with E-state index < -0.39 is 48.3 Å². The first-order valence-electron chi connectivity index (χ1n) is 6.96. The van der Waals surface area contributed by atoms with Gasteiger partial charge in [0.1, 0.15) is 24.8 Å². The molecule has 0 saturated heterocycles. The second-order valence-corrected chi connectivity index (χ2v) is 5.24. The van der Waals surface area contributed by atoms with Crippen LogP contribution in [0.3, 0.4) is 0 Å². The summed E-state index contributed by atoms with van der Waals surface area (Å²) in [6.07, 6.45) is -6.15. The molecular weight excluding hydrogens is 312 g/mol.